The molecule has 0 spiro atoms. The van der Waals surface area contributed by atoms with Gasteiger partial charge in [-0.25, -0.2) is 15.0 Å². The van der Waals surface area contributed by atoms with Gasteiger partial charge in [-0.3, -0.25) is 0 Å². The van der Waals surface area contributed by atoms with Gasteiger partial charge in [-0.15, -0.1) is 23.1 Å². The zero-order valence-corrected chi connectivity index (χ0v) is 12.6. The van der Waals surface area contributed by atoms with Gasteiger partial charge in [0.05, 0.1) is 15.3 Å². The number of aromatic nitrogens is 4. The summed E-state index contributed by atoms with van der Waals surface area (Å²) in [5, 5.41) is 0. The largest absolute Gasteiger partial charge is 0.417 e. The molecule has 3 aromatic rings. The van der Waals surface area contributed by atoms with Crippen molar-refractivity contribution >= 4 is 34.3 Å². The van der Waals surface area contributed by atoms with Crippen LogP contribution < -0.4 is 0 Å². The minimum absolute atomic E-state index is 0.211. The molecule has 3 heterocycles. The number of hydrogen-bond donors (Lipinski definition) is 0. The van der Waals surface area contributed by atoms with Crippen LogP contribution in [0, 0.1) is 0 Å². The Labute approximate surface area is 126 Å². The number of alkyl halides is 3. The van der Waals surface area contributed by atoms with Crippen molar-refractivity contribution in [3.63, 3.8) is 0 Å². The second kappa shape index (κ2) is 4.99. The Bertz CT molecular complexity index is 807. The number of halogens is 3. The minimum Gasteiger partial charge on any atom is -0.310 e. The molecule has 0 atom stereocenters. The zero-order chi connectivity index (χ0) is 15.2. The number of thioether (sulfide) groups is 1. The molecule has 0 saturated carbocycles. The molecule has 21 heavy (non-hydrogen) atoms. The van der Waals surface area contributed by atoms with Gasteiger partial charge < -0.3 is 4.57 Å². The second-order valence-corrected chi connectivity index (χ2v) is 6.18. The fourth-order valence-corrected chi connectivity index (χ4v) is 3.33. The number of nitrogens with zero attached hydrogens (tertiary/aromatic N) is 4. The Hall–Kier alpha value is -1.61. The van der Waals surface area contributed by atoms with Crippen LogP contribution >= 0.6 is 23.1 Å². The first-order valence-corrected chi connectivity index (χ1v) is 7.89. The smallest absolute Gasteiger partial charge is 0.310 e. The van der Waals surface area contributed by atoms with Crippen LogP contribution in [0.5, 0.6) is 0 Å². The van der Waals surface area contributed by atoms with Crippen molar-refractivity contribution in [2.75, 3.05) is 6.26 Å². The highest BCUT2D eigenvalue weighted by Crippen LogP contribution is 2.34. The van der Waals surface area contributed by atoms with Crippen molar-refractivity contribution in [3.05, 3.63) is 23.3 Å². The van der Waals surface area contributed by atoms with Gasteiger partial charge in [0.2, 0.25) is 0 Å². The standard InChI is InChI=1S/C12H9F3N4S2/c1-19-9-7(3-6(4-16-9)12(13,14)15)18-10(19)8-11(20-2)21-5-17-8/h3-5H,1-2H3. The van der Waals surface area contributed by atoms with E-state index >= 15 is 0 Å². The highest BCUT2D eigenvalue weighted by Gasteiger charge is 2.32. The summed E-state index contributed by atoms with van der Waals surface area (Å²) in [6.07, 6.45) is -1.69. The van der Waals surface area contributed by atoms with Crippen LogP contribution in [0.25, 0.3) is 22.7 Å². The molecule has 0 fully saturated rings. The Morgan fingerprint density at radius 1 is 1.29 bits per heavy atom. The van der Waals surface area contributed by atoms with E-state index in [0.29, 0.717) is 17.2 Å². The number of fused-ring (bicyclic) bond motifs is 1. The molecule has 0 aliphatic heterocycles. The number of pyridine rings is 1. The van der Waals surface area contributed by atoms with Gasteiger partial charge in [0, 0.05) is 13.2 Å². The van der Waals surface area contributed by atoms with Crippen molar-refractivity contribution in [2.45, 2.75) is 10.4 Å². The Morgan fingerprint density at radius 2 is 2.05 bits per heavy atom. The summed E-state index contributed by atoms with van der Waals surface area (Å²) >= 11 is 2.99. The maximum Gasteiger partial charge on any atom is 0.417 e. The molecule has 0 radical (unpaired) electrons. The van der Waals surface area contributed by atoms with E-state index < -0.39 is 11.7 Å². The number of imidazole rings is 1. The van der Waals surface area contributed by atoms with E-state index in [9.17, 15) is 13.2 Å². The monoisotopic (exact) mass is 330 g/mol. The zero-order valence-electron chi connectivity index (χ0n) is 11.0. The number of aryl methyl sites for hydroxylation is 1. The van der Waals surface area contributed by atoms with Crippen molar-refractivity contribution < 1.29 is 13.2 Å². The molecule has 0 saturated heterocycles. The number of rotatable bonds is 2. The molecule has 0 aliphatic carbocycles. The third kappa shape index (κ3) is 2.40. The van der Waals surface area contributed by atoms with Crippen LogP contribution in [-0.4, -0.2) is 25.8 Å². The molecule has 9 heteroatoms. The van der Waals surface area contributed by atoms with E-state index in [2.05, 4.69) is 15.0 Å². The Morgan fingerprint density at radius 3 is 2.71 bits per heavy atom. The summed E-state index contributed by atoms with van der Waals surface area (Å²) in [6.45, 7) is 0. The van der Waals surface area contributed by atoms with Crippen LogP contribution in [-0.2, 0) is 13.2 Å². The molecule has 0 bridgehead atoms. The van der Waals surface area contributed by atoms with Crippen LogP contribution in [0.2, 0.25) is 0 Å². The molecule has 0 unspecified atom stereocenters. The summed E-state index contributed by atoms with van der Waals surface area (Å²) in [7, 11) is 1.72. The van der Waals surface area contributed by atoms with Gasteiger partial charge in [-0.05, 0) is 12.3 Å². The van der Waals surface area contributed by atoms with Gasteiger partial charge in [0.15, 0.2) is 11.5 Å². The average molecular weight is 330 g/mol. The van der Waals surface area contributed by atoms with Crippen molar-refractivity contribution in [2.24, 2.45) is 7.05 Å². The molecule has 0 aliphatic rings. The fourth-order valence-electron chi connectivity index (χ4n) is 1.97. The quantitative estimate of drug-likeness (QED) is 0.670. The SMILES string of the molecule is CSc1scnc1-c1nc2cc(C(F)(F)F)cnc2n1C. The lowest BCUT2D eigenvalue weighted by atomic mass is 10.2. The molecule has 0 amide bonds. The third-order valence-electron chi connectivity index (χ3n) is 2.97. The highest BCUT2D eigenvalue weighted by molar-refractivity contribution is 8.00. The lowest BCUT2D eigenvalue weighted by molar-refractivity contribution is -0.137. The van der Waals surface area contributed by atoms with Crippen molar-refractivity contribution in [1.29, 1.82) is 0 Å². The highest BCUT2D eigenvalue weighted by atomic mass is 32.2. The van der Waals surface area contributed by atoms with E-state index in [-0.39, 0.29) is 5.52 Å². The van der Waals surface area contributed by atoms with Gasteiger partial charge in [0.1, 0.15) is 11.2 Å². The summed E-state index contributed by atoms with van der Waals surface area (Å²) in [5.41, 5.74) is 2.17. The first-order chi connectivity index (χ1) is 9.91. The lowest BCUT2D eigenvalue weighted by Gasteiger charge is -2.05. The van der Waals surface area contributed by atoms with Crippen LogP contribution in [0.15, 0.2) is 22.0 Å². The summed E-state index contributed by atoms with van der Waals surface area (Å²) in [4.78, 5) is 12.4. The molecule has 0 N–H and O–H groups in total. The molecule has 110 valence electrons. The van der Waals surface area contributed by atoms with E-state index in [1.165, 1.54) is 23.1 Å². The van der Waals surface area contributed by atoms with Gasteiger partial charge in [-0.2, -0.15) is 13.2 Å². The van der Waals surface area contributed by atoms with Crippen molar-refractivity contribution in [1.82, 2.24) is 19.5 Å². The maximum atomic E-state index is 12.7. The molecular weight excluding hydrogens is 321 g/mol. The van der Waals surface area contributed by atoms with E-state index in [1.807, 2.05) is 6.26 Å². The fraction of sp³-hybridized carbons (Fsp3) is 0.250. The molecule has 4 nitrogen and oxygen atoms in total. The Balaban J connectivity index is 2.20. The van der Waals surface area contributed by atoms with Gasteiger partial charge in [0.25, 0.3) is 0 Å². The van der Waals surface area contributed by atoms with Crippen LogP contribution in [0.3, 0.4) is 0 Å². The van der Waals surface area contributed by atoms with E-state index in [4.69, 9.17) is 0 Å². The second-order valence-electron chi connectivity index (χ2n) is 4.25. The number of thiazole rings is 1. The van der Waals surface area contributed by atoms with Gasteiger partial charge in [-0.1, -0.05) is 0 Å². The maximum absolute atomic E-state index is 12.7. The first-order valence-electron chi connectivity index (χ1n) is 5.79. The predicted octanol–water partition coefficient (Wildman–Crippen LogP) is 3.83. The van der Waals surface area contributed by atoms with Crippen LogP contribution in [0.4, 0.5) is 13.2 Å². The molecule has 0 aromatic carbocycles. The van der Waals surface area contributed by atoms with E-state index in [0.717, 1.165) is 16.5 Å². The summed E-state index contributed by atoms with van der Waals surface area (Å²) in [6, 6.07) is 1.01. The third-order valence-corrected chi connectivity index (χ3v) is 4.94. The summed E-state index contributed by atoms with van der Waals surface area (Å²) < 4.78 is 40.8. The normalized spacial score (nSPS) is 12.2. The summed E-state index contributed by atoms with van der Waals surface area (Å²) in [5.74, 6) is 0.516. The van der Waals surface area contributed by atoms with E-state index in [1.54, 1.807) is 17.1 Å². The van der Waals surface area contributed by atoms with Gasteiger partial charge >= 0.3 is 6.18 Å². The first kappa shape index (κ1) is 14.3. The topological polar surface area (TPSA) is 43.6 Å². The molecular formula is C12H9F3N4S2. The minimum atomic E-state index is -4.43. The average Bonchev–Trinajstić information content (AvgIpc) is 3.01. The van der Waals surface area contributed by atoms with Crippen LogP contribution in [0.1, 0.15) is 5.56 Å². The number of hydrogen-bond acceptors (Lipinski definition) is 5. The predicted molar refractivity (Wildman–Crippen MR) is 76.4 cm³/mol. The van der Waals surface area contributed by atoms with Crippen molar-refractivity contribution in [3.8, 4) is 11.5 Å². The Kier molecular flexibility index (Phi) is 3.40. The lowest BCUT2D eigenvalue weighted by Crippen LogP contribution is -2.05. The molecule has 3 rings (SSSR count). The molecule has 3 aromatic heterocycles.